The highest BCUT2D eigenvalue weighted by Gasteiger charge is 2.11. The van der Waals surface area contributed by atoms with Crippen molar-refractivity contribution in [3.8, 4) is 22.6 Å². The van der Waals surface area contributed by atoms with Crippen molar-refractivity contribution in [1.29, 1.82) is 0 Å². The maximum absolute atomic E-state index is 5.89. The molecule has 0 aliphatic rings. The molecule has 28 heavy (non-hydrogen) atoms. The van der Waals surface area contributed by atoms with E-state index in [1.54, 1.807) is 0 Å². The van der Waals surface area contributed by atoms with Crippen LogP contribution in [-0.4, -0.2) is 23.2 Å². The maximum Gasteiger partial charge on any atom is 0.222 e. The molecule has 0 saturated carbocycles. The summed E-state index contributed by atoms with van der Waals surface area (Å²) in [4.78, 5) is 8.13. The summed E-state index contributed by atoms with van der Waals surface area (Å²) in [7, 11) is 0. The number of benzene rings is 2. The van der Waals surface area contributed by atoms with Crippen LogP contribution in [0.15, 0.2) is 54.6 Å². The number of aryl methyl sites for hydroxylation is 1. The molecule has 4 N–H and O–H groups in total. The van der Waals surface area contributed by atoms with Crippen LogP contribution < -0.4 is 20.9 Å². The average molecular weight is 378 g/mol. The van der Waals surface area contributed by atoms with E-state index in [9.17, 15) is 0 Å². The largest absolute Gasteiger partial charge is 0.494 e. The summed E-state index contributed by atoms with van der Waals surface area (Å²) in [5.41, 5.74) is 14.6. The van der Waals surface area contributed by atoms with Gasteiger partial charge in [0.1, 0.15) is 5.75 Å². The van der Waals surface area contributed by atoms with Crippen LogP contribution in [0.3, 0.4) is 0 Å². The van der Waals surface area contributed by atoms with Crippen molar-refractivity contribution in [2.75, 3.05) is 24.7 Å². The quantitative estimate of drug-likeness (QED) is 0.544. The van der Waals surface area contributed by atoms with Gasteiger partial charge in [0.05, 0.1) is 18.9 Å². The summed E-state index contributed by atoms with van der Waals surface area (Å²) in [6, 6.07) is 18.4. The van der Waals surface area contributed by atoms with E-state index in [1.165, 1.54) is 11.1 Å². The van der Waals surface area contributed by atoms with Crippen molar-refractivity contribution in [2.45, 2.75) is 26.2 Å². The number of aromatic nitrogens is 2. The first kappa shape index (κ1) is 19.5. The molecule has 0 bridgehead atoms. The van der Waals surface area contributed by atoms with E-state index in [-0.39, 0.29) is 5.95 Å². The molecule has 0 aliphatic heterocycles. The van der Waals surface area contributed by atoms with Crippen LogP contribution in [0, 0.1) is 0 Å². The molecule has 0 atom stereocenters. The second-order valence-electron chi connectivity index (χ2n) is 6.39. The Labute approximate surface area is 165 Å². The normalized spacial score (nSPS) is 10.6. The fourth-order valence-corrected chi connectivity index (χ4v) is 2.88. The molecule has 146 valence electrons. The average Bonchev–Trinajstić information content (AvgIpc) is 2.72. The summed E-state index contributed by atoms with van der Waals surface area (Å²) >= 11 is 0. The molecule has 1 heterocycles. The Kier molecular flexibility index (Phi) is 6.68. The van der Waals surface area contributed by atoms with Crippen molar-refractivity contribution < 1.29 is 9.47 Å². The van der Waals surface area contributed by atoms with E-state index < -0.39 is 0 Å². The van der Waals surface area contributed by atoms with Crippen LogP contribution in [0.1, 0.15) is 25.5 Å². The Morgan fingerprint density at radius 3 is 2.11 bits per heavy atom. The zero-order valence-corrected chi connectivity index (χ0v) is 16.1. The molecule has 1 aromatic heterocycles. The standard InChI is InChI=1S/C22H26N4O2/c1-2-19-20(21(23)26-22(24)25-19)28-15-7-6-14-27-18-12-10-17(11-13-18)16-8-4-3-5-9-16/h3-5,8-13H,2,6-7,14-15H2,1H3,(H4,23,24,25,26). The van der Waals surface area contributed by atoms with E-state index in [0.717, 1.165) is 24.3 Å². The van der Waals surface area contributed by atoms with Gasteiger partial charge in [-0.15, -0.1) is 0 Å². The van der Waals surface area contributed by atoms with E-state index in [0.29, 0.717) is 31.2 Å². The Hall–Kier alpha value is -3.28. The van der Waals surface area contributed by atoms with Crippen LogP contribution in [-0.2, 0) is 6.42 Å². The molecular formula is C22H26N4O2. The molecule has 3 aromatic rings. The number of anilines is 2. The van der Waals surface area contributed by atoms with Crippen LogP contribution >= 0.6 is 0 Å². The Bertz CT molecular complexity index is 883. The lowest BCUT2D eigenvalue weighted by molar-refractivity contribution is 0.265. The number of hydrogen-bond acceptors (Lipinski definition) is 6. The minimum Gasteiger partial charge on any atom is -0.494 e. The lowest BCUT2D eigenvalue weighted by atomic mass is 10.1. The van der Waals surface area contributed by atoms with Gasteiger partial charge in [-0.3, -0.25) is 0 Å². The SMILES string of the molecule is CCc1nc(N)nc(N)c1OCCCCOc1ccc(-c2ccccc2)cc1. The summed E-state index contributed by atoms with van der Waals surface area (Å²) in [5, 5.41) is 0. The van der Waals surface area contributed by atoms with Gasteiger partial charge in [-0.25, -0.2) is 4.98 Å². The van der Waals surface area contributed by atoms with Gasteiger partial charge in [-0.2, -0.15) is 4.98 Å². The van der Waals surface area contributed by atoms with Gasteiger partial charge in [0.2, 0.25) is 5.95 Å². The van der Waals surface area contributed by atoms with Gasteiger partial charge in [0.25, 0.3) is 0 Å². The van der Waals surface area contributed by atoms with E-state index in [2.05, 4.69) is 34.2 Å². The first-order chi connectivity index (χ1) is 13.7. The Morgan fingerprint density at radius 2 is 1.43 bits per heavy atom. The van der Waals surface area contributed by atoms with Gasteiger partial charge < -0.3 is 20.9 Å². The predicted molar refractivity (Wildman–Crippen MR) is 112 cm³/mol. The highest BCUT2D eigenvalue weighted by atomic mass is 16.5. The number of ether oxygens (including phenoxy) is 2. The summed E-state index contributed by atoms with van der Waals surface area (Å²) in [6.45, 7) is 3.13. The minimum atomic E-state index is 0.174. The molecule has 3 rings (SSSR count). The summed E-state index contributed by atoms with van der Waals surface area (Å²) in [5.74, 6) is 1.87. The third kappa shape index (κ3) is 5.13. The van der Waals surface area contributed by atoms with Gasteiger partial charge in [-0.1, -0.05) is 49.4 Å². The summed E-state index contributed by atoms with van der Waals surface area (Å²) in [6.07, 6.45) is 2.40. The Balaban J connectivity index is 1.41. The minimum absolute atomic E-state index is 0.174. The number of rotatable bonds is 9. The van der Waals surface area contributed by atoms with Crippen molar-refractivity contribution in [3.05, 3.63) is 60.3 Å². The molecule has 6 nitrogen and oxygen atoms in total. The lowest BCUT2D eigenvalue weighted by Gasteiger charge is -2.12. The zero-order chi connectivity index (χ0) is 19.8. The second kappa shape index (κ2) is 9.60. The van der Waals surface area contributed by atoms with Crippen LogP contribution in [0.4, 0.5) is 11.8 Å². The van der Waals surface area contributed by atoms with E-state index in [1.807, 2.05) is 37.3 Å². The molecule has 6 heteroatoms. The number of nitrogens with two attached hydrogens (primary N) is 2. The van der Waals surface area contributed by atoms with Crippen molar-refractivity contribution >= 4 is 11.8 Å². The third-order valence-electron chi connectivity index (χ3n) is 4.33. The van der Waals surface area contributed by atoms with E-state index in [4.69, 9.17) is 20.9 Å². The fourth-order valence-electron chi connectivity index (χ4n) is 2.88. The molecule has 0 aliphatic carbocycles. The van der Waals surface area contributed by atoms with Crippen molar-refractivity contribution in [2.24, 2.45) is 0 Å². The van der Waals surface area contributed by atoms with Crippen LogP contribution in [0.2, 0.25) is 0 Å². The van der Waals surface area contributed by atoms with Gasteiger partial charge >= 0.3 is 0 Å². The number of hydrogen-bond donors (Lipinski definition) is 2. The van der Waals surface area contributed by atoms with E-state index >= 15 is 0 Å². The molecule has 0 saturated heterocycles. The van der Waals surface area contributed by atoms with Crippen LogP contribution in [0.25, 0.3) is 11.1 Å². The number of nitrogen functional groups attached to an aromatic ring is 2. The first-order valence-corrected chi connectivity index (χ1v) is 9.50. The lowest BCUT2D eigenvalue weighted by Crippen LogP contribution is -2.10. The van der Waals surface area contributed by atoms with Gasteiger partial charge in [0, 0.05) is 0 Å². The maximum atomic E-state index is 5.89. The molecule has 0 spiro atoms. The van der Waals surface area contributed by atoms with Gasteiger partial charge in [0.15, 0.2) is 11.6 Å². The van der Waals surface area contributed by atoms with Crippen molar-refractivity contribution in [3.63, 3.8) is 0 Å². The topological polar surface area (TPSA) is 96.3 Å². The van der Waals surface area contributed by atoms with Crippen LogP contribution in [0.5, 0.6) is 11.5 Å². The zero-order valence-electron chi connectivity index (χ0n) is 16.1. The predicted octanol–water partition coefficient (Wildman–Crippen LogP) is 4.11. The highest BCUT2D eigenvalue weighted by Crippen LogP contribution is 2.25. The van der Waals surface area contributed by atoms with Gasteiger partial charge in [-0.05, 0) is 42.5 Å². The molecular weight excluding hydrogens is 352 g/mol. The smallest absolute Gasteiger partial charge is 0.222 e. The number of nitrogens with zero attached hydrogens (tertiary/aromatic N) is 2. The molecule has 2 aromatic carbocycles. The molecule has 0 amide bonds. The highest BCUT2D eigenvalue weighted by molar-refractivity contribution is 5.63. The Morgan fingerprint density at radius 1 is 0.786 bits per heavy atom. The second-order valence-corrected chi connectivity index (χ2v) is 6.39. The molecule has 0 radical (unpaired) electrons. The monoisotopic (exact) mass is 378 g/mol. The fraction of sp³-hybridized carbons (Fsp3) is 0.273. The number of unbranched alkanes of at least 4 members (excludes halogenated alkanes) is 1. The molecule has 0 unspecified atom stereocenters. The summed E-state index contributed by atoms with van der Waals surface area (Å²) < 4.78 is 11.6. The third-order valence-corrected chi connectivity index (χ3v) is 4.33. The first-order valence-electron chi connectivity index (χ1n) is 9.50. The van der Waals surface area contributed by atoms with Crippen molar-refractivity contribution in [1.82, 2.24) is 9.97 Å². The molecule has 0 fully saturated rings.